The van der Waals surface area contributed by atoms with Crippen LogP contribution in [-0.2, 0) is 0 Å². The van der Waals surface area contributed by atoms with Crippen LogP contribution in [0, 0.1) is 0 Å². The number of pyridine rings is 1. The first kappa shape index (κ1) is 16.2. The highest BCUT2D eigenvalue weighted by molar-refractivity contribution is 9.09. The van der Waals surface area contributed by atoms with Crippen LogP contribution >= 0.6 is 27.5 Å². The Morgan fingerprint density at radius 3 is 2.57 bits per heavy atom. The molecule has 2 aromatic carbocycles. The number of hydrogen-bond acceptors (Lipinski definition) is 3. The molecule has 3 aromatic rings. The van der Waals surface area contributed by atoms with Crippen LogP contribution in [0.1, 0.15) is 11.7 Å². The molecule has 1 aromatic heterocycles. The summed E-state index contributed by atoms with van der Waals surface area (Å²) in [6.45, 7) is 0. The van der Waals surface area contributed by atoms with Gasteiger partial charge in [-0.05, 0) is 48.0 Å². The van der Waals surface area contributed by atoms with Gasteiger partial charge in [-0.15, -0.1) is 0 Å². The van der Waals surface area contributed by atoms with Crippen LogP contribution in [0.15, 0.2) is 48.5 Å². The molecule has 0 saturated heterocycles. The van der Waals surface area contributed by atoms with Gasteiger partial charge in [-0.25, -0.2) is 4.98 Å². The lowest BCUT2D eigenvalue weighted by molar-refractivity contribution is 0.207. The van der Waals surface area contributed by atoms with E-state index in [9.17, 15) is 5.11 Å². The minimum absolute atomic E-state index is 0.455. The molecule has 0 fully saturated rings. The van der Waals surface area contributed by atoms with Crippen molar-refractivity contribution in [1.82, 2.24) is 4.98 Å². The highest BCUT2D eigenvalue weighted by Crippen LogP contribution is 2.31. The Morgan fingerprint density at radius 2 is 1.91 bits per heavy atom. The zero-order valence-electron chi connectivity index (χ0n) is 12.5. The Labute approximate surface area is 148 Å². The summed E-state index contributed by atoms with van der Waals surface area (Å²) >= 11 is 9.43. The second kappa shape index (κ2) is 6.87. The fourth-order valence-corrected chi connectivity index (χ4v) is 3.01. The predicted octanol–water partition coefficient (Wildman–Crippen LogP) is 4.99. The lowest BCUT2D eigenvalue weighted by Crippen LogP contribution is -2.01. The van der Waals surface area contributed by atoms with Crippen molar-refractivity contribution in [2.45, 2.75) is 6.10 Å². The van der Waals surface area contributed by atoms with Crippen LogP contribution in [0.4, 0.5) is 0 Å². The number of benzene rings is 2. The topological polar surface area (TPSA) is 42.4 Å². The number of rotatable bonds is 4. The fraction of sp³-hybridized carbons (Fsp3) is 0.167. The van der Waals surface area contributed by atoms with Crippen LogP contribution in [0.3, 0.4) is 0 Å². The van der Waals surface area contributed by atoms with E-state index in [1.165, 1.54) is 0 Å². The molecule has 0 bridgehead atoms. The van der Waals surface area contributed by atoms with Crippen molar-refractivity contribution in [1.29, 1.82) is 0 Å². The number of halogens is 2. The van der Waals surface area contributed by atoms with E-state index in [2.05, 4.69) is 20.9 Å². The van der Waals surface area contributed by atoms with Crippen LogP contribution < -0.4 is 4.74 Å². The number of fused-ring (bicyclic) bond motifs is 1. The molecular weight excluding hydrogens is 378 g/mol. The van der Waals surface area contributed by atoms with E-state index in [0.29, 0.717) is 10.4 Å². The van der Waals surface area contributed by atoms with E-state index in [-0.39, 0.29) is 0 Å². The molecule has 0 amide bonds. The van der Waals surface area contributed by atoms with E-state index >= 15 is 0 Å². The molecule has 23 heavy (non-hydrogen) atoms. The van der Waals surface area contributed by atoms with Crippen molar-refractivity contribution in [3.63, 3.8) is 0 Å². The minimum Gasteiger partial charge on any atom is -0.497 e. The second-order valence-corrected chi connectivity index (χ2v) is 6.24. The van der Waals surface area contributed by atoms with Gasteiger partial charge in [0.25, 0.3) is 0 Å². The normalized spacial score (nSPS) is 12.3. The van der Waals surface area contributed by atoms with Crippen LogP contribution in [0.25, 0.3) is 22.2 Å². The van der Waals surface area contributed by atoms with Crippen molar-refractivity contribution >= 4 is 38.4 Å². The van der Waals surface area contributed by atoms with Crippen LogP contribution in [0.5, 0.6) is 5.75 Å². The first-order chi connectivity index (χ1) is 11.1. The summed E-state index contributed by atoms with van der Waals surface area (Å²) < 4.78 is 5.19. The number of aliphatic hydroxyl groups is 1. The van der Waals surface area contributed by atoms with Gasteiger partial charge in [0.1, 0.15) is 5.75 Å². The molecular formula is C18H15BrClNO2. The third-order valence-electron chi connectivity index (χ3n) is 3.69. The lowest BCUT2D eigenvalue weighted by atomic mass is 10.0. The summed E-state index contributed by atoms with van der Waals surface area (Å²) in [5, 5.41) is 12.3. The third-order valence-corrected chi connectivity index (χ3v) is 4.54. The van der Waals surface area contributed by atoms with Gasteiger partial charge in [-0.1, -0.05) is 33.6 Å². The Balaban J connectivity index is 2.20. The Kier molecular flexibility index (Phi) is 4.85. The van der Waals surface area contributed by atoms with Gasteiger partial charge in [0.05, 0.1) is 24.4 Å². The number of nitrogens with zero attached hydrogens (tertiary/aromatic N) is 1. The summed E-state index contributed by atoms with van der Waals surface area (Å²) in [6.07, 6.45) is -0.612. The summed E-state index contributed by atoms with van der Waals surface area (Å²) in [5.74, 6) is 0.790. The maximum absolute atomic E-state index is 10.3. The Morgan fingerprint density at radius 1 is 1.17 bits per heavy atom. The molecule has 118 valence electrons. The van der Waals surface area contributed by atoms with Crippen molar-refractivity contribution in [2.24, 2.45) is 0 Å². The monoisotopic (exact) mass is 391 g/mol. The molecule has 0 aliphatic rings. The average molecular weight is 393 g/mol. The van der Waals surface area contributed by atoms with Gasteiger partial charge in [0.15, 0.2) is 0 Å². The molecule has 5 heteroatoms. The summed E-state index contributed by atoms with van der Waals surface area (Å²) in [5.41, 5.74) is 3.34. The van der Waals surface area contributed by atoms with Gasteiger partial charge in [-0.2, -0.15) is 0 Å². The first-order valence-corrected chi connectivity index (χ1v) is 8.61. The maximum atomic E-state index is 10.3. The lowest BCUT2D eigenvalue weighted by Gasteiger charge is -2.14. The van der Waals surface area contributed by atoms with Gasteiger partial charge in [-0.3, -0.25) is 0 Å². The number of hydrogen-bond donors (Lipinski definition) is 1. The number of methoxy groups -OCH3 is 1. The molecule has 1 N–H and O–H groups in total. The number of alkyl halides is 1. The molecule has 3 rings (SSSR count). The molecule has 0 saturated carbocycles. The van der Waals surface area contributed by atoms with E-state index in [1.54, 1.807) is 7.11 Å². The van der Waals surface area contributed by atoms with E-state index in [1.807, 2.05) is 48.5 Å². The molecule has 0 radical (unpaired) electrons. The standard InChI is InChI=1S/C18H15BrClNO2/c1-23-13-5-2-11(3-6-13)16-9-15(18(22)10-19)14-7-4-12(20)8-17(14)21-16/h2-9,18,22H,10H2,1H3/t18-/m0/s1. The van der Waals surface area contributed by atoms with Gasteiger partial charge in [0.2, 0.25) is 0 Å². The molecule has 0 aliphatic heterocycles. The quantitative estimate of drug-likeness (QED) is 0.636. The van der Waals surface area contributed by atoms with Gasteiger partial charge in [0, 0.05) is 21.3 Å². The Bertz CT molecular complexity index is 836. The molecule has 0 spiro atoms. The summed E-state index contributed by atoms with van der Waals surface area (Å²) in [6, 6.07) is 15.1. The summed E-state index contributed by atoms with van der Waals surface area (Å²) in [4.78, 5) is 4.69. The van der Waals surface area contributed by atoms with E-state index in [4.69, 9.17) is 16.3 Å². The van der Waals surface area contributed by atoms with Crippen molar-refractivity contribution in [3.05, 3.63) is 59.1 Å². The second-order valence-electron chi connectivity index (χ2n) is 5.16. The van der Waals surface area contributed by atoms with Crippen LogP contribution in [0.2, 0.25) is 5.02 Å². The maximum Gasteiger partial charge on any atom is 0.118 e. The number of aromatic nitrogens is 1. The Hall–Kier alpha value is -1.62. The van der Waals surface area contributed by atoms with Crippen molar-refractivity contribution in [2.75, 3.05) is 12.4 Å². The SMILES string of the molecule is COc1ccc(-c2cc([C@@H](O)CBr)c3ccc(Cl)cc3n2)cc1. The average Bonchev–Trinajstić information content (AvgIpc) is 2.59. The third kappa shape index (κ3) is 3.34. The smallest absolute Gasteiger partial charge is 0.118 e. The fourth-order valence-electron chi connectivity index (χ4n) is 2.50. The number of ether oxygens (including phenoxy) is 1. The highest BCUT2D eigenvalue weighted by atomic mass is 79.9. The predicted molar refractivity (Wildman–Crippen MR) is 97.5 cm³/mol. The van der Waals surface area contributed by atoms with Gasteiger partial charge < -0.3 is 9.84 Å². The molecule has 0 unspecified atom stereocenters. The zero-order valence-corrected chi connectivity index (χ0v) is 14.8. The molecule has 3 nitrogen and oxygen atoms in total. The minimum atomic E-state index is -0.612. The van der Waals surface area contributed by atoms with Crippen molar-refractivity contribution in [3.8, 4) is 17.0 Å². The number of aliphatic hydroxyl groups excluding tert-OH is 1. The largest absolute Gasteiger partial charge is 0.497 e. The van der Waals surface area contributed by atoms with Crippen molar-refractivity contribution < 1.29 is 9.84 Å². The van der Waals surface area contributed by atoms with E-state index < -0.39 is 6.10 Å². The summed E-state index contributed by atoms with van der Waals surface area (Å²) in [7, 11) is 1.63. The molecule has 1 atom stereocenters. The first-order valence-electron chi connectivity index (χ1n) is 7.11. The van der Waals surface area contributed by atoms with E-state index in [0.717, 1.165) is 33.5 Å². The zero-order chi connectivity index (χ0) is 16.4. The van der Waals surface area contributed by atoms with Crippen LogP contribution in [-0.4, -0.2) is 22.5 Å². The molecule has 1 heterocycles. The van der Waals surface area contributed by atoms with Gasteiger partial charge >= 0.3 is 0 Å². The molecule has 0 aliphatic carbocycles. The highest BCUT2D eigenvalue weighted by Gasteiger charge is 2.14.